The highest BCUT2D eigenvalue weighted by Gasteiger charge is 2.09. The van der Waals surface area contributed by atoms with Gasteiger partial charge in [-0.3, -0.25) is 4.79 Å². The number of hydrogen-bond acceptors (Lipinski definition) is 3. The summed E-state index contributed by atoms with van der Waals surface area (Å²) < 4.78 is 1.97. The fourth-order valence-electron chi connectivity index (χ4n) is 1.70. The van der Waals surface area contributed by atoms with Crippen LogP contribution in [0.15, 0.2) is 30.6 Å². The second-order valence-corrected chi connectivity index (χ2v) is 4.38. The minimum absolute atomic E-state index is 0. The topological polar surface area (TPSA) is 72.4 Å². The molecule has 2 aromatic heterocycles. The highest BCUT2D eigenvalue weighted by molar-refractivity contribution is 5.85. The van der Waals surface area contributed by atoms with E-state index < -0.39 is 0 Å². The summed E-state index contributed by atoms with van der Waals surface area (Å²) in [6.07, 6.45) is 4.67. The van der Waals surface area contributed by atoms with Crippen molar-refractivity contribution < 1.29 is 4.79 Å². The van der Waals surface area contributed by atoms with Crippen LogP contribution in [-0.2, 0) is 11.2 Å². The van der Waals surface area contributed by atoms with E-state index in [1.54, 1.807) is 0 Å². The van der Waals surface area contributed by atoms with E-state index in [4.69, 9.17) is 5.73 Å². The Morgan fingerprint density at radius 3 is 2.85 bits per heavy atom. The van der Waals surface area contributed by atoms with Gasteiger partial charge in [-0.15, -0.1) is 24.8 Å². The number of imidazole rings is 1. The van der Waals surface area contributed by atoms with Crippen LogP contribution in [0.25, 0.3) is 5.65 Å². The first-order valence-corrected chi connectivity index (χ1v) is 6.11. The van der Waals surface area contributed by atoms with Gasteiger partial charge in [0.05, 0.1) is 5.69 Å². The molecule has 2 rings (SSSR count). The van der Waals surface area contributed by atoms with Gasteiger partial charge in [-0.05, 0) is 12.1 Å². The lowest BCUT2D eigenvalue weighted by molar-refractivity contribution is -0.124. The molecule has 0 aliphatic carbocycles. The van der Waals surface area contributed by atoms with E-state index in [0.29, 0.717) is 13.1 Å². The average Bonchev–Trinajstić information content (AvgIpc) is 2.80. The van der Waals surface area contributed by atoms with Crippen molar-refractivity contribution in [3.63, 3.8) is 0 Å². The number of fused-ring (bicyclic) bond motifs is 1. The van der Waals surface area contributed by atoms with Gasteiger partial charge in [0.2, 0.25) is 5.91 Å². The van der Waals surface area contributed by atoms with Crippen LogP contribution in [0.3, 0.4) is 0 Å². The smallest absolute Gasteiger partial charge is 0.224 e. The molecular weight excluding hydrogens is 299 g/mol. The summed E-state index contributed by atoms with van der Waals surface area (Å²) in [5.74, 6) is -0.132. The van der Waals surface area contributed by atoms with Crippen LogP contribution in [0, 0.1) is 5.92 Å². The Bertz CT molecular complexity index is 511. The third-order valence-corrected chi connectivity index (χ3v) is 2.90. The van der Waals surface area contributed by atoms with Crippen molar-refractivity contribution >= 4 is 36.4 Å². The van der Waals surface area contributed by atoms with Gasteiger partial charge in [0, 0.05) is 37.8 Å². The summed E-state index contributed by atoms with van der Waals surface area (Å²) in [7, 11) is 0. The van der Waals surface area contributed by atoms with E-state index in [1.807, 2.05) is 41.9 Å². The van der Waals surface area contributed by atoms with Gasteiger partial charge in [-0.25, -0.2) is 4.98 Å². The van der Waals surface area contributed by atoms with Crippen LogP contribution in [0.5, 0.6) is 0 Å². The van der Waals surface area contributed by atoms with Crippen molar-refractivity contribution in [1.29, 1.82) is 0 Å². The molecule has 2 heterocycles. The van der Waals surface area contributed by atoms with Gasteiger partial charge in [0.15, 0.2) is 0 Å². The standard InChI is InChI=1S/C13H18N4O.2ClH/c1-10(8-14)13(18)15-6-5-11-9-17-7-3-2-4-12(17)16-11;;/h2-4,7,9-10H,5-6,8,14H2,1H3,(H,15,18);2*1H. The molecule has 0 fully saturated rings. The minimum atomic E-state index is -0.133. The van der Waals surface area contributed by atoms with Gasteiger partial charge in [-0.1, -0.05) is 13.0 Å². The zero-order chi connectivity index (χ0) is 13.0. The van der Waals surface area contributed by atoms with Crippen molar-refractivity contribution in [2.24, 2.45) is 11.7 Å². The number of nitrogens with zero attached hydrogens (tertiary/aromatic N) is 2. The zero-order valence-corrected chi connectivity index (χ0v) is 12.9. The molecule has 3 N–H and O–H groups in total. The first kappa shape index (κ1) is 18.7. The molecule has 0 saturated heterocycles. The van der Waals surface area contributed by atoms with Crippen molar-refractivity contribution in [2.45, 2.75) is 13.3 Å². The van der Waals surface area contributed by atoms with Gasteiger partial charge < -0.3 is 15.5 Å². The van der Waals surface area contributed by atoms with E-state index >= 15 is 0 Å². The van der Waals surface area contributed by atoms with Gasteiger partial charge in [0.25, 0.3) is 0 Å². The Balaban J connectivity index is 0.00000180. The molecule has 1 atom stereocenters. The number of halogens is 2. The first-order chi connectivity index (χ1) is 8.70. The lowest BCUT2D eigenvalue weighted by atomic mass is 10.1. The van der Waals surface area contributed by atoms with Crippen LogP contribution in [-0.4, -0.2) is 28.4 Å². The third-order valence-electron chi connectivity index (χ3n) is 2.90. The number of aromatic nitrogens is 2. The molecule has 0 saturated carbocycles. The number of hydrogen-bond donors (Lipinski definition) is 2. The monoisotopic (exact) mass is 318 g/mol. The van der Waals surface area contributed by atoms with Crippen LogP contribution < -0.4 is 11.1 Å². The van der Waals surface area contributed by atoms with Crippen molar-refractivity contribution in [3.05, 3.63) is 36.3 Å². The van der Waals surface area contributed by atoms with Crippen LogP contribution >= 0.6 is 24.8 Å². The molecule has 0 spiro atoms. The quantitative estimate of drug-likeness (QED) is 0.876. The molecule has 0 aliphatic heterocycles. The number of carbonyl (C=O) groups excluding carboxylic acids is 1. The van der Waals surface area contributed by atoms with E-state index in [0.717, 1.165) is 17.8 Å². The molecule has 0 radical (unpaired) electrons. The summed E-state index contributed by atoms with van der Waals surface area (Å²) in [5.41, 5.74) is 7.33. The number of carbonyl (C=O) groups is 1. The third kappa shape index (κ3) is 4.67. The van der Waals surface area contributed by atoms with E-state index in [1.165, 1.54) is 0 Å². The normalized spacial score (nSPS) is 11.3. The van der Waals surface area contributed by atoms with Gasteiger partial charge in [0.1, 0.15) is 5.65 Å². The van der Waals surface area contributed by atoms with E-state index in [9.17, 15) is 4.79 Å². The Morgan fingerprint density at radius 2 is 2.20 bits per heavy atom. The average molecular weight is 319 g/mol. The lowest BCUT2D eigenvalue weighted by Gasteiger charge is -2.08. The maximum atomic E-state index is 11.5. The summed E-state index contributed by atoms with van der Waals surface area (Å²) >= 11 is 0. The van der Waals surface area contributed by atoms with Gasteiger partial charge in [-0.2, -0.15) is 0 Å². The van der Waals surface area contributed by atoms with Gasteiger partial charge >= 0.3 is 0 Å². The molecule has 5 nitrogen and oxygen atoms in total. The Kier molecular flexibility index (Phi) is 8.22. The van der Waals surface area contributed by atoms with Crippen LogP contribution in [0.1, 0.15) is 12.6 Å². The Morgan fingerprint density at radius 1 is 1.45 bits per heavy atom. The maximum Gasteiger partial charge on any atom is 0.224 e. The fourth-order valence-corrected chi connectivity index (χ4v) is 1.70. The second-order valence-electron chi connectivity index (χ2n) is 4.38. The highest BCUT2D eigenvalue weighted by Crippen LogP contribution is 2.04. The SMILES string of the molecule is CC(CN)C(=O)NCCc1cn2ccccc2n1.Cl.Cl. The van der Waals surface area contributed by atoms with E-state index in [-0.39, 0.29) is 36.6 Å². The molecule has 2 aromatic rings. The molecule has 7 heteroatoms. The fraction of sp³-hybridized carbons (Fsp3) is 0.385. The number of nitrogens with two attached hydrogens (primary N) is 1. The molecule has 20 heavy (non-hydrogen) atoms. The molecule has 0 aromatic carbocycles. The lowest BCUT2D eigenvalue weighted by Crippen LogP contribution is -2.34. The second kappa shape index (κ2) is 8.79. The first-order valence-electron chi connectivity index (χ1n) is 6.11. The number of amides is 1. The Hall–Kier alpha value is -1.30. The molecule has 1 unspecified atom stereocenters. The van der Waals surface area contributed by atoms with Crippen LogP contribution in [0.4, 0.5) is 0 Å². The summed E-state index contributed by atoms with van der Waals surface area (Å²) in [5, 5.41) is 2.86. The molecule has 1 amide bonds. The predicted molar refractivity (Wildman–Crippen MR) is 84.6 cm³/mol. The number of nitrogens with one attached hydrogen (secondary N) is 1. The molecule has 0 aliphatic rings. The van der Waals surface area contributed by atoms with Crippen molar-refractivity contribution in [3.8, 4) is 0 Å². The molecular formula is C13H20Cl2N4O. The number of pyridine rings is 1. The summed E-state index contributed by atoms with van der Waals surface area (Å²) in [6, 6.07) is 5.87. The van der Waals surface area contributed by atoms with Crippen LogP contribution in [0.2, 0.25) is 0 Å². The summed E-state index contributed by atoms with van der Waals surface area (Å²) in [6.45, 7) is 2.79. The maximum absolute atomic E-state index is 11.5. The largest absolute Gasteiger partial charge is 0.355 e. The molecule has 112 valence electrons. The molecule has 0 bridgehead atoms. The Labute approximate surface area is 130 Å². The zero-order valence-electron chi connectivity index (χ0n) is 11.3. The minimum Gasteiger partial charge on any atom is -0.355 e. The summed E-state index contributed by atoms with van der Waals surface area (Å²) in [4.78, 5) is 16.0. The predicted octanol–water partition coefficient (Wildman–Crippen LogP) is 1.43. The number of rotatable bonds is 5. The highest BCUT2D eigenvalue weighted by atomic mass is 35.5. The van der Waals surface area contributed by atoms with Crippen molar-refractivity contribution in [1.82, 2.24) is 14.7 Å². The van der Waals surface area contributed by atoms with Crippen molar-refractivity contribution in [2.75, 3.05) is 13.1 Å². The van der Waals surface area contributed by atoms with E-state index in [2.05, 4.69) is 10.3 Å².